The second kappa shape index (κ2) is 4.22. The summed E-state index contributed by atoms with van der Waals surface area (Å²) < 4.78 is 4.65. The minimum atomic E-state index is -0.454. The molecule has 84 valence electrons. The number of rotatable bonds is 1. The lowest BCUT2D eigenvalue weighted by Gasteiger charge is -2.04. The van der Waals surface area contributed by atoms with Gasteiger partial charge in [-0.05, 0) is 30.7 Å². The third-order valence-corrected chi connectivity index (χ3v) is 2.46. The molecule has 1 heterocycles. The second-order valence-electron chi connectivity index (χ2n) is 3.71. The van der Waals surface area contributed by atoms with Gasteiger partial charge in [-0.3, -0.25) is 4.98 Å². The van der Waals surface area contributed by atoms with Crippen molar-refractivity contribution in [2.45, 2.75) is 6.92 Å². The quantitative estimate of drug-likeness (QED) is 0.699. The maximum absolute atomic E-state index is 11.5. The van der Waals surface area contributed by atoms with Crippen LogP contribution in [0.15, 0.2) is 24.4 Å². The number of hydrogen-bond donors (Lipinski definition) is 0. The highest BCUT2D eigenvalue weighted by Gasteiger charge is 2.11. The van der Waals surface area contributed by atoms with Crippen LogP contribution in [0.2, 0.25) is 0 Å². The number of hydrogen-bond acceptors (Lipinski definition) is 4. The lowest BCUT2D eigenvalue weighted by atomic mass is 10.0. The van der Waals surface area contributed by atoms with E-state index < -0.39 is 5.97 Å². The van der Waals surface area contributed by atoms with Gasteiger partial charge in [-0.2, -0.15) is 5.26 Å². The number of nitrogens with zero attached hydrogens (tertiary/aromatic N) is 2. The van der Waals surface area contributed by atoms with Gasteiger partial charge < -0.3 is 4.74 Å². The van der Waals surface area contributed by atoms with Crippen molar-refractivity contribution in [3.05, 3.63) is 41.1 Å². The Morgan fingerprint density at radius 2 is 2.18 bits per heavy atom. The smallest absolute Gasteiger partial charge is 0.337 e. The van der Waals surface area contributed by atoms with E-state index in [0.29, 0.717) is 16.6 Å². The fourth-order valence-corrected chi connectivity index (χ4v) is 1.68. The molecule has 0 aliphatic carbocycles. The lowest BCUT2D eigenvalue weighted by molar-refractivity contribution is 0.0601. The number of pyridine rings is 1. The molecular formula is C13H10N2O2. The fraction of sp³-hybridized carbons (Fsp3) is 0.154. The first-order chi connectivity index (χ1) is 8.15. The van der Waals surface area contributed by atoms with Gasteiger partial charge in [0.05, 0.1) is 23.8 Å². The number of benzene rings is 1. The molecular weight excluding hydrogens is 216 g/mol. The van der Waals surface area contributed by atoms with Crippen LogP contribution in [0.1, 0.15) is 21.5 Å². The predicted octanol–water partition coefficient (Wildman–Crippen LogP) is 2.20. The molecule has 2 aromatic rings. The Hall–Kier alpha value is -2.41. The van der Waals surface area contributed by atoms with E-state index in [1.54, 1.807) is 12.3 Å². The summed E-state index contributed by atoms with van der Waals surface area (Å²) in [5.74, 6) is -0.454. The summed E-state index contributed by atoms with van der Waals surface area (Å²) in [6.07, 6.45) is 1.70. The Morgan fingerprint density at radius 1 is 1.41 bits per heavy atom. The highest BCUT2D eigenvalue weighted by Crippen LogP contribution is 2.20. The van der Waals surface area contributed by atoms with E-state index >= 15 is 0 Å². The molecule has 0 atom stereocenters. The van der Waals surface area contributed by atoms with E-state index in [1.807, 2.05) is 19.1 Å². The number of ether oxygens (including phenoxy) is 1. The summed E-state index contributed by atoms with van der Waals surface area (Å²) in [4.78, 5) is 15.7. The third kappa shape index (κ3) is 1.95. The molecule has 0 amide bonds. The van der Waals surface area contributed by atoms with Gasteiger partial charge in [0, 0.05) is 11.6 Å². The average Bonchev–Trinajstić information content (AvgIpc) is 2.35. The first-order valence-corrected chi connectivity index (χ1v) is 5.04. The Labute approximate surface area is 98.5 Å². The molecule has 0 saturated carbocycles. The zero-order valence-electron chi connectivity index (χ0n) is 9.52. The van der Waals surface area contributed by atoms with Crippen LogP contribution in [0.3, 0.4) is 0 Å². The molecule has 0 aliphatic heterocycles. The van der Waals surface area contributed by atoms with Crippen molar-refractivity contribution in [1.29, 1.82) is 5.26 Å². The SMILES string of the molecule is COC(=O)c1cc(C#N)c2ncc(C)cc2c1. The molecule has 2 rings (SSSR count). The van der Waals surface area contributed by atoms with Crippen LogP contribution in [0.25, 0.3) is 10.9 Å². The molecule has 0 bridgehead atoms. The molecule has 0 radical (unpaired) electrons. The van der Waals surface area contributed by atoms with Crippen molar-refractivity contribution >= 4 is 16.9 Å². The third-order valence-electron chi connectivity index (χ3n) is 2.46. The summed E-state index contributed by atoms with van der Waals surface area (Å²) in [6.45, 7) is 1.91. The van der Waals surface area contributed by atoms with Crippen molar-refractivity contribution in [2.75, 3.05) is 7.11 Å². The Kier molecular flexibility index (Phi) is 2.75. The molecule has 4 nitrogen and oxygen atoms in total. The number of nitriles is 1. The van der Waals surface area contributed by atoms with Crippen molar-refractivity contribution < 1.29 is 9.53 Å². The first kappa shape index (κ1) is 11.1. The lowest BCUT2D eigenvalue weighted by Crippen LogP contribution is -2.02. The molecule has 4 heteroatoms. The van der Waals surface area contributed by atoms with Gasteiger partial charge in [0.1, 0.15) is 6.07 Å². The highest BCUT2D eigenvalue weighted by atomic mass is 16.5. The van der Waals surface area contributed by atoms with Gasteiger partial charge >= 0.3 is 5.97 Å². The van der Waals surface area contributed by atoms with Gasteiger partial charge in [-0.25, -0.2) is 4.79 Å². The minimum absolute atomic E-state index is 0.365. The van der Waals surface area contributed by atoms with Gasteiger partial charge in [0.25, 0.3) is 0 Å². The monoisotopic (exact) mass is 226 g/mol. The van der Waals surface area contributed by atoms with Crippen molar-refractivity contribution in [1.82, 2.24) is 4.98 Å². The molecule has 0 spiro atoms. The van der Waals surface area contributed by atoms with Crippen LogP contribution in [0.4, 0.5) is 0 Å². The van der Waals surface area contributed by atoms with Crippen molar-refractivity contribution in [3.8, 4) is 6.07 Å². The van der Waals surface area contributed by atoms with E-state index in [1.165, 1.54) is 13.2 Å². The topological polar surface area (TPSA) is 63.0 Å². The number of carbonyl (C=O) groups is 1. The molecule has 0 fully saturated rings. The van der Waals surface area contributed by atoms with E-state index in [-0.39, 0.29) is 0 Å². The summed E-state index contributed by atoms with van der Waals surface area (Å²) in [6, 6.07) is 7.10. The van der Waals surface area contributed by atoms with Gasteiger partial charge in [-0.15, -0.1) is 0 Å². The number of aromatic nitrogens is 1. The summed E-state index contributed by atoms with van der Waals surface area (Å²) in [5.41, 5.74) is 2.32. The highest BCUT2D eigenvalue weighted by molar-refractivity contribution is 5.96. The van der Waals surface area contributed by atoms with Gasteiger partial charge in [0.2, 0.25) is 0 Å². The Balaban J connectivity index is 2.76. The summed E-state index contributed by atoms with van der Waals surface area (Å²) in [7, 11) is 1.31. The van der Waals surface area contributed by atoms with Crippen LogP contribution in [0.5, 0.6) is 0 Å². The van der Waals surface area contributed by atoms with Crippen LogP contribution in [0, 0.1) is 18.3 Å². The van der Waals surface area contributed by atoms with Gasteiger partial charge in [0.15, 0.2) is 0 Å². The number of esters is 1. The van der Waals surface area contributed by atoms with Crippen LogP contribution < -0.4 is 0 Å². The molecule has 0 aliphatic rings. The van der Waals surface area contributed by atoms with Crippen molar-refractivity contribution in [3.63, 3.8) is 0 Å². The van der Waals surface area contributed by atoms with E-state index in [9.17, 15) is 4.79 Å². The second-order valence-corrected chi connectivity index (χ2v) is 3.71. The molecule has 17 heavy (non-hydrogen) atoms. The number of carbonyl (C=O) groups excluding carboxylic acids is 1. The number of methoxy groups -OCH3 is 1. The summed E-state index contributed by atoms with van der Waals surface area (Å²) >= 11 is 0. The maximum atomic E-state index is 11.5. The molecule has 0 unspecified atom stereocenters. The van der Waals surface area contributed by atoms with Crippen LogP contribution in [-0.4, -0.2) is 18.1 Å². The van der Waals surface area contributed by atoms with E-state index in [2.05, 4.69) is 9.72 Å². The maximum Gasteiger partial charge on any atom is 0.337 e. The van der Waals surface area contributed by atoms with Crippen LogP contribution in [-0.2, 0) is 4.74 Å². The largest absolute Gasteiger partial charge is 0.465 e. The zero-order chi connectivity index (χ0) is 12.4. The van der Waals surface area contributed by atoms with Crippen molar-refractivity contribution in [2.24, 2.45) is 0 Å². The average molecular weight is 226 g/mol. The normalized spacial score (nSPS) is 9.94. The Morgan fingerprint density at radius 3 is 2.82 bits per heavy atom. The standard InChI is InChI=1S/C13H10N2O2/c1-8-3-9-4-10(13(16)17-2)5-11(6-14)12(9)15-7-8/h3-5,7H,1-2H3. The minimum Gasteiger partial charge on any atom is -0.465 e. The fourth-order valence-electron chi connectivity index (χ4n) is 1.68. The molecule has 0 N–H and O–H groups in total. The predicted molar refractivity (Wildman–Crippen MR) is 62.5 cm³/mol. The number of aryl methyl sites for hydroxylation is 1. The molecule has 1 aromatic carbocycles. The number of fused-ring (bicyclic) bond motifs is 1. The first-order valence-electron chi connectivity index (χ1n) is 5.04. The van der Waals surface area contributed by atoms with Crippen LogP contribution >= 0.6 is 0 Å². The Bertz CT molecular complexity index is 642. The van der Waals surface area contributed by atoms with Gasteiger partial charge in [-0.1, -0.05) is 0 Å². The van der Waals surface area contributed by atoms with E-state index in [0.717, 1.165) is 10.9 Å². The summed E-state index contributed by atoms with van der Waals surface area (Å²) in [5, 5.41) is 9.81. The van der Waals surface area contributed by atoms with E-state index in [4.69, 9.17) is 5.26 Å². The zero-order valence-corrected chi connectivity index (χ0v) is 9.52. The molecule has 0 saturated heterocycles. The molecule has 1 aromatic heterocycles.